The molecule has 5 N–H and O–H groups in total. The highest BCUT2D eigenvalue weighted by atomic mass is 16.3. The van der Waals surface area contributed by atoms with Gasteiger partial charge in [0.05, 0.1) is 6.10 Å². The third-order valence-electron chi connectivity index (χ3n) is 1.83. The van der Waals surface area contributed by atoms with Crippen LogP contribution >= 0.6 is 0 Å². The van der Waals surface area contributed by atoms with E-state index in [-0.39, 0.29) is 24.5 Å². The summed E-state index contributed by atoms with van der Waals surface area (Å²) in [4.78, 5) is 0. The predicted octanol–water partition coefficient (Wildman–Crippen LogP) is -0.0401. The molecule has 0 aliphatic carbocycles. The quantitative estimate of drug-likeness (QED) is 0.495. The first-order valence-electron chi connectivity index (χ1n) is 4.03. The van der Waals surface area contributed by atoms with E-state index in [0.29, 0.717) is 5.56 Å². The van der Waals surface area contributed by atoms with Crippen molar-refractivity contribution in [2.24, 2.45) is 5.73 Å². The van der Waals surface area contributed by atoms with Crippen LogP contribution in [0, 0.1) is 0 Å². The molecule has 0 saturated heterocycles. The van der Waals surface area contributed by atoms with Crippen LogP contribution in [-0.4, -0.2) is 28.0 Å². The van der Waals surface area contributed by atoms with Gasteiger partial charge in [-0.1, -0.05) is 12.1 Å². The first-order chi connectivity index (χ1) is 6.15. The fourth-order valence-electron chi connectivity index (χ4n) is 1.08. The maximum absolute atomic E-state index is 9.34. The van der Waals surface area contributed by atoms with Crippen LogP contribution in [0.3, 0.4) is 0 Å². The number of aliphatic hydroxyl groups is 1. The van der Waals surface area contributed by atoms with Gasteiger partial charge in [-0.2, -0.15) is 0 Å². The van der Waals surface area contributed by atoms with Crippen molar-refractivity contribution in [2.45, 2.75) is 12.5 Å². The average molecular weight is 183 g/mol. The van der Waals surface area contributed by atoms with E-state index in [4.69, 9.17) is 10.8 Å². The van der Waals surface area contributed by atoms with Crippen molar-refractivity contribution in [2.75, 3.05) is 6.54 Å². The Kier molecular flexibility index (Phi) is 3.11. The summed E-state index contributed by atoms with van der Waals surface area (Å²) in [6, 6.07) is 4.62. The molecule has 0 fully saturated rings. The van der Waals surface area contributed by atoms with Crippen molar-refractivity contribution in [3.63, 3.8) is 0 Å². The van der Waals surface area contributed by atoms with Gasteiger partial charge in [0, 0.05) is 18.5 Å². The van der Waals surface area contributed by atoms with E-state index in [9.17, 15) is 10.2 Å². The Morgan fingerprint density at radius 3 is 2.62 bits per heavy atom. The molecule has 1 aromatic carbocycles. The summed E-state index contributed by atoms with van der Waals surface area (Å²) in [7, 11) is 0. The molecule has 1 unspecified atom stereocenters. The van der Waals surface area contributed by atoms with Gasteiger partial charge in [0.2, 0.25) is 0 Å². The summed E-state index contributed by atoms with van der Waals surface area (Å²) in [5, 5.41) is 27.7. The lowest BCUT2D eigenvalue weighted by atomic mass is 10.1. The lowest BCUT2D eigenvalue weighted by Gasteiger charge is -2.09. The number of para-hydroxylation sites is 1. The molecule has 4 heteroatoms. The molecule has 0 heterocycles. The Bertz CT molecular complexity index is 288. The van der Waals surface area contributed by atoms with Crippen molar-refractivity contribution in [3.8, 4) is 11.5 Å². The molecule has 0 amide bonds. The molecule has 72 valence electrons. The summed E-state index contributed by atoms with van der Waals surface area (Å²) in [5.41, 5.74) is 5.71. The van der Waals surface area contributed by atoms with E-state index in [1.54, 1.807) is 12.1 Å². The summed E-state index contributed by atoms with van der Waals surface area (Å²) in [6.07, 6.45) is -0.441. The van der Waals surface area contributed by atoms with Crippen LogP contribution in [0.5, 0.6) is 11.5 Å². The Labute approximate surface area is 76.2 Å². The van der Waals surface area contributed by atoms with Crippen LogP contribution in [0.25, 0.3) is 0 Å². The van der Waals surface area contributed by atoms with Crippen LogP contribution in [0.2, 0.25) is 0 Å². The molecule has 0 spiro atoms. The lowest BCUT2D eigenvalue weighted by Crippen LogP contribution is -2.21. The zero-order valence-corrected chi connectivity index (χ0v) is 7.14. The number of hydrogen-bond donors (Lipinski definition) is 4. The first kappa shape index (κ1) is 9.83. The molecule has 1 aromatic rings. The molecule has 0 radical (unpaired) electrons. The second-order valence-corrected chi connectivity index (χ2v) is 2.88. The maximum Gasteiger partial charge on any atom is 0.160 e. The minimum atomic E-state index is -0.687. The van der Waals surface area contributed by atoms with Gasteiger partial charge in [0.15, 0.2) is 11.5 Å². The van der Waals surface area contributed by atoms with E-state index in [2.05, 4.69) is 0 Å². The third kappa shape index (κ3) is 2.34. The van der Waals surface area contributed by atoms with Crippen LogP contribution in [-0.2, 0) is 6.42 Å². The molecule has 0 aliphatic heterocycles. The van der Waals surface area contributed by atoms with Gasteiger partial charge in [-0.3, -0.25) is 0 Å². The van der Waals surface area contributed by atoms with Crippen molar-refractivity contribution >= 4 is 0 Å². The number of hydrogen-bond acceptors (Lipinski definition) is 4. The zero-order chi connectivity index (χ0) is 9.84. The highest BCUT2D eigenvalue weighted by Crippen LogP contribution is 2.28. The molecule has 0 saturated carbocycles. The Balaban J connectivity index is 2.83. The van der Waals surface area contributed by atoms with E-state index < -0.39 is 6.10 Å². The van der Waals surface area contributed by atoms with E-state index in [1.165, 1.54) is 6.07 Å². The molecule has 13 heavy (non-hydrogen) atoms. The van der Waals surface area contributed by atoms with Gasteiger partial charge < -0.3 is 21.1 Å². The largest absolute Gasteiger partial charge is 0.504 e. The second kappa shape index (κ2) is 4.11. The van der Waals surface area contributed by atoms with Crippen LogP contribution in [0.4, 0.5) is 0 Å². The van der Waals surface area contributed by atoms with Crippen molar-refractivity contribution in [3.05, 3.63) is 23.8 Å². The minimum absolute atomic E-state index is 0.134. The first-order valence-corrected chi connectivity index (χ1v) is 4.03. The minimum Gasteiger partial charge on any atom is -0.504 e. The molecule has 0 bridgehead atoms. The highest BCUT2D eigenvalue weighted by Gasteiger charge is 2.09. The Morgan fingerprint density at radius 2 is 2.00 bits per heavy atom. The topological polar surface area (TPSA) is 86.7 Å². The molecule has 0 aliphatic rings. The van der Waals surface area contributed by atoms with Crippen molar-refractivity contribution in [1.29, 1.82) is 0 Å². The molecular formula is C9H13NO3. The van der Waals surface area contributed by atoms with Gasteiger partial charge in [-0.05, 0) is 6.07 Å². The molecule has 1 atom stereocenters. The van der Waals surface area contributed by atoms with Crippen LogP contribution in [0.15, 0.2) is 18.2 Å². The van der Waals surface area contributed by atoms with E-state index >= 15 is 0 Å². The van der Waals surface area contributed by atoms with Crippen LogP contribution in [0.1, 0.15) is 5.56 Å². The number of phenols is 2. The van der Waals surface area contributed by atoms with Gasteiger partial charge >= 0.3 is 0 Å². The fraction of sp³-hybridized carbons (Fsp3) is 0.333. The zero-order valence-electron chi connectivity index (χ0n) is 7.14. The molecular weight excluding hydrogens is 170 g/mol. The maximum atomic E-state index is 9.34. The lowest BCUT2D eigenvalue weighted by molar-refractivity contribution is 0.182. The number of aromatic hydroxyl groups is 2. The van der Waals surface area contributed by atoms with Crippen LogP contribution < -0.4 is 5.73 Å². The SMILES string of the molecule is NCC(O)Cc1cccc(O)c1O. The van der Waals surface area contributed by atoms with E-state index in [1.807, 2.05) is 0 Å². The third-order valence-corrected chi connectivity index (χ3v) is 1.83. The highest BCUT2D eigenvalue weighted by molar-refractivity contribution is 5.44. The Morgan fingerprint density at radius 1 is 1.31 bits per heavy atom. The van der Waals surface area contributed by atoms with Gasteiger partial charge in [0.1, 0.15) is 0 Å². The van der Waals surface area contributed by atoms with Gasteiger partial charge in [-0.15, -0.1) is 0 Å². The smallest absolute Gasteiger partial charge is 0.160 e. The number of aliphatic hydroxyl groups excluding tert-OH is 1. The van der Waals surface area contributed by atoms with Gasteiger partial charge in [-0.25, -0.2) is 0 Å². The number of rotatable bonds is 3. The summed E-state index contributed by atoms with van der Waals surface area (Å²) in [6.45, 7) is 0.134. The summed E-state index contributed by atoms with van der Waals surface area (Å²) in [5.74, 6) is -0.364. The molecule has 0 aromatic heterocycles. The standard InChI is InChI=1S/C9H13NO3/c10-5-7(11)4-6-2-1-3-8(12)9(6)13/h1-3,7,11-13H,4-5,10H2. The molecule has 4 nitrogen and oxygen atoms in total. The summed E-state index contributed by atoms with van der Waals surface area (Å²) >= 11 is 0. The average Bonchev–Trinajstić information content (AvgIpc) is 2.13. The fourth-order valence-corrected chi connectivity index (χ4v) is 1.08. The van der Waals surface area contributed by atoms with E-state index in [0.717, 1.165) is 0 Å². The monoisotopic (exact) mass is 183 g/mol. The number of benzene rings is 1. The van der Waals surface area contributed by atoms with Crippen molar-refractivity contribution < 1.29 is 15.3 Å². The van der Waals surface area contributed by atoms with Crippen molar-refractivity contribution in [1.82, 2.24) is 0 Å². The second-order valence-electron chi connectivity index (χ2n) is 2.88. The predicted molar refractivity (Wildman–Crippen MR) is 48.5 cm³/mol. The van der Waals surface area contributed by atoms with Gasteiger partial charge in [0.25, 0.3) is 0 Å². The normalized spacial score (nSPS) is 12.8. The number of phenolic OH excluding ortho intramolecular Hbond substituents is 2. The Hall–Kier alpha value is -1.26. The number of nitrogens with two attached hydrogens (primary N) is 1. The molecule has 1 rings (SSSR count). The summed E-state index contributed by atoms with van der Waals surface area (Å²) < 4.78 is 0.